The predicted octanol–water partition coefficient (Wildman–Crippen LogP) is 3.03. The molecule has 4 heteroatoms. The van der Waals surface area contributed by atoms with Crippen molar-refractivity contribution in [3.8, 4) is 17.0 Å². The third-order valence-corrected chi connectivity index (χ3v) is 4.92. The average molecular weight is 295 g/mol. The van der Waals surface area contributed by atoms with Gasteiger partial charge in [-0.3, -0.25) is 0 Å². The summed E-state index contributed by atoms with van der Waals surface area (Å²) in [5.74, 6) is 2.85. The fourth-order valence-electron chi connectivity index (χ4n) is 4.10. The van der Waals surface area contributed by atoms with Crippen molar-refractivity contribution < 1.29 is 4.74 Å². The molecule has 22 heavy (non-hydrogen) atoms. The van der Waals surface area contributed by atoms with Gasteiger partial charge in [-0.05, 0) is 60.9 Å². The number of fused-ring (bicyclic) bond motifs is 5. The number of ether oxygens (including phenoxy) is 1. The number of anilines is 1. The minimum absolute atomic E-state index is 0.543. The molecule has 2 unspecified atom stereocenters. The number of rotatable bonds is 4. The SMILES string of the molecule is NCCOc1ccc(-c2cccc(N)n2)c2c1C1CCC2C1. The second kappa shape index (κ2) is 5.29. The molecular formula is C18H21N3O. The van der Waals surface area contributed by atoms with Crippen LogP contribution in [0.25, 0.3) is 11.3 Å². The quantitative estimate of drug-likeness (QED) is 0.909. The minimum atomic E-state index is 0.543. The lowest BCUT2D eigenvalue weighted by atomic mass is 9.86. The number of hydrogen-bond acceptors (Lipinski definition) is 4. The van der Waals surface area contributed by atoms with Crippen LogP contribution in [-0.4, -0.2) is 18.1 Å². The fraction of sp³-hybridized carbons (Fsp3) is 0.389. The van der Waals surface area contributed by atoms with E-state index in [0.29, 0.717) is 30.8 Å². The molecule has 0 amide bonds. The van der Waals surface area contributed by atoms with Crippen LogP contribution in [-0.2, 0) is 0 Å². The number of benzene rings is 1. The van der Waals surface area contributed by atoms with Gasteiger partial charge in [-0.1, -0.05) is 6.07 Å². The first-order valence-electron chi connectivity index (χ1n) is 8.00. The lowest BCUT2D eigenvalue weighted by molar-refractivity contribution is 0.323. The van der Waals surface area contributed by atoms with E-state index in [9.17, 15) is 0 Å². The van der Waals surface area contributed by atoms with Crippen molar-refractivity contribution in [1.29, 1.82) is 0 Å². The molecule has 4 nitrogen and oxygen atoms in total. The molecule has 2 atom stereocenters. The number of aromatic nitrogens is 1. The molecule has 114 valence electrons. The Bertz CT molecular complexity index is 713. The third kappa shape index (κ3) is 2.06. The highest BCUT2D eigenvalue weighted by Crippen LogP contribution is 2.58. The molecule has 4 rings (SSSR count). The fourth-order valence-corrected chi connectivity index (χ4v) is 4.10. The maximum Gasteiger partial charge on any atom is 0.124 e. The summed E-state index contributed by atoms with van der Waals surface area (Å²) in [5.41, 5.74) is 16.5. The van der Waals surface area contributed by atoms with Gasteiger partial charge in [0.2, 0.25) is 0 Å². The first kappa shape index (κ1) is 13.6. The summed E-state index contributed by atoms with van der Waals surface area (Å²) < 4.78 is 5.90. The Morgan fingerprint density at radius 3 is 2.68 bits per heavy atom. The first-order valence-corrected chi connectivity index (χ1v) is 8.00. The maximum atomic E-state index is 5.90. The summed E-state index contributed by atoms with van der Waals surface area (Å²) >= 11 is 0. The van der Waals surface area contributed by atoms with E-state index in [2.05, 4.69) is 17.1 Å². The molecule has 1 saturated carbocycles. The zero-order valence-corrected chi connectivity index (χ0v) is 12.6. The lowest BCUT2D eigenvalue weighted by Gasteiger charge is -2.22. The van der Waals surface area contributed by atoms with E-state index in [1.807, 2.05) is 18.2 Å². The Morgan fingerprint density at radius 1 is 1.09 bits per heavy atom. The van der Waals surface area contributed by atoms with Crippen LogP contribution in [0.15, 0.2) is 30.3 Å². The standard InChI is InChI=1S/C18H21N3O/c19-8-9-22-15-7-6-13(14-2-1-3-16(20)21-14)17-11-4-5-12(10-11)18(15)17/h1-3,6-7,11-12H,4-5,8-10,19H2,(H2,20,21). The van der Waals surface area contributed by atoms with Crippen LogP contribution in [0.3, 0.4) is 0 Å². The minimum Gasteiger partial charge on any atom is -0.492 e. The Kier molecular flexibility index (Phi) is 3.26. The molecule has 0 radical (unpaired) electrons. The number of hydrogen-bond donors (Lipinski definition) is 2. The van der Waals surface area contributed by atoms with Crippen LogP contribution in [0.2, 0.25) is 0 Å². The van der Waals surface area contributed by atoms with Gasteiger partial charge in [0.25, 0.3) is 0 Å². The summed E-state index contributed by atoms with van der Waals surface area (Å²) in [5, 5.41) is 0. The van der Waals surface area contributed by atoms with Crippen LogP contribution >= 0.6 is 0 Å². The van der Waals surface area contributed by atoms with Crippen LogP contribution in [0, 0.1) is 0 Å². The molecule has 1 aromatic heterocycles. The zero-order valence-electron chi connectivity index (χ0n) is 12.6. The maximum absolute atomic E-state index is 5.90. The predicted molar refractivity (Wildman–Crippen MR) is 88.0 cm³/mol. The van der Waals surface area contributed by atoms with Gasteiger partial charge in [0.15, 0.2) is 0 Å². The van der Waals surface area contributed by atoms with Crippen molar-refractivity contribution in [2.75, 3.05) is 18.9 Å². The van der Waals surface area contributed by atoms with E-state index in [4.69, 9.17) is 16.2 Å². The van der Waals surface area contributed by atoms with E-state index in [-0.39, 0.29) is 0 Å². The highest BCUT2D eigenvalue weighted by Gasteiger charge is 2.40. The Labute approximate surface area is 130 Å². The van der Waals surface area contributed by atoms with Gasteiger partial charge in [0, 0.05) is 17.7 Å². The lowest BCUT2D eigenvalue weighted by Crippen LogP contribution is -2.13. The summed E-state index contributed by atoms with van der Waals surface area (Å²) in [6.45, 7) is 1.11. The van der Waals surface area contributed by atoms with Gasteiger partial charge < -0.3 is 16.2 Å². The van der Waals surface area contributed by atoms with Crippen LogP contribution in [0.5, 0.6) is 5.75 Å². The summed E-state index contributed by atoms with van der Waals surface area (Å²) in [4.78, 5) is 4.51. The molecule has 2 aliphatic carbocycles. The molecule has 0 aliphatic heterocycles. The molecule has 2 aromatic rings. The number of nitrogens with zero attached hydrogens (tertiary/aromatic N) is 1. The molecule has 2 aliphatic rings. The molecule has 1 heterocycles. The van der Waals surface area contributed by atoms with Gasteiger partial charge in [-0.15, -0.1) is 0 Å². The van der Waals surface area contributed by atoms with Gasteiger partial charge in [0.05, 0.1) is 5.69 Å². The Morgan fingerprint density at radius 2 is 1.91 bits per heavy atom. The van der Waals surface area contributed by atoms with Gasteiger partial charge in [0.1, 0.15) is 18.2 Å². The Hall–Kier alpha value is -2.07. The van der Waals surface area contributed by atoms with Crippen molar-refractivity contribution >= 4 is 5.82 Å². The molecular weight excluding hydrogens is 274 g/mol. The summed E-state index contributed by atoms with van der Waals surface area (Å²) in [6.07, 6.45) is 3.78. The Balaban J connectivity index is 1.85. The summed E-state index contributed by atoms with van der Waals surface area (Å²) in [7, 11) is 0. The molecule has 0 saturated heterocycles. The smallest absolute Gasteiger partial charge is 0.124 e. The normalized spacial score (nSPS) is 21.9. The molecule has 4 N–H and O–H groups in total. The monoisotopic (exact) mass is 295 g/mol. The zero-order chi connectivity index (χ0) is 15.1. The van der Waals surface area contributed by atoms with Crippen LogP contribution in [0.4, 0.5) is 5.82 Å². The van der Waals surface area contributed by atoms with E-state index < -0.39 is 0 Å². The van der Waals surface area contributed by atoms with Crippen LogP contribution in [0.1, 0.15) is 42.2 Å². The topological polar surface area (TPSA) is 74.2 Å². The van der Waals surface area contributed by atoms with E-state index in [0.717, 1.165) is 11.4 Å². The number of nitrogens with two attached hydrogens (primary N) is 2. The van der Waals surface area contributed by atoms with Crippen LogP contribution < -0.4 is 16.2 Å². The number of nitrogen functional groups attached to an aromatic ring is 1. The van der Waals surface area contributed by atoms with E-state index >= 15 is 0 Å². The second-order valence-electron chi connectivity index (χ2n) is 6.23. The van der Waals surface area contributed by atoms with Crippen molar-refractivity contribution in [2.24, 2.45) is 5.73 Å². The van der Waals surface area contributed by atoms with Crippen molar-refractivity contribution in [1.82, 2.24) is 4.98 Å². The van der Waals surface area contributed by atoms with Gasteiger partial charge in [-0.25, -0.2) is 4.98 Å². The van der Waals surface area contributed by atoms with Crippen molar-refractivity contribution in [3.63, 3.8) is 0 Å². The highest BCUT2D eigenvalue weighted by molar-refractivity contribution is 5.72. The molecule has 2 bridgehead atoms. The summed E-state index contributed by atoms with van der Waals surface area (Å²) in [6, 6.07) is 10.0. The molecule has 1 aromatic carbocycles. The molecule has 1 fully saturated rings. The largest absolute Gasteiger partial charge is 0.492 e. The molecule has 0 spiro atoms. The second-order valence-corrected chi connectivity index (χ2v) is 6.23. The third-order valence-electron chi connectivity index (χ3n) is 4.92. The van der Waals surface area contributed by atoms with Crippen molar-refractivity contribution in [3.05, 3.63) is 41.5 Å². The first-order chi connectivity index (χ1) is 10.8. The number of pyridine rings is 1. The highest BCUT2D eigenvalue weighted by atomic mass is 16.5. The average Bonchev–Trinajstić information content (AvgIpc) is 3.15. The van der Waals surface area contributed by atoms with Gasteiger partial charge >= 0.3 is 0 Å². The van der Waals surface area contributed by atoms with E-state index in [1.54, 1.807) is 0 Å². The van der Waals surface area contributed by atoms with Crippen molar-refractivity contribution in [2.45, 2.75) is 31.1 Å². The van der Waals surface area contributed by atoms with Gasteiger partial charge in [-0.2, -0.15) is 0 Å². The van der Waals surface area contributed by atoms with E-state index in [1.165, 1.54) is 36.0 Å².